The quantitative estimate of drug-likeness (QED) is 0.612. The number of hydrogen-bond donors (Lipinski definition) is 4. The van der Waals surface area contributed by atoms with Gasteiger partial charge in [0.1, 0.15) is 11.3 Å². The van der Waals surface area contributed by atoms with E-state index in [0.717, 1.165) is 16.6 Å². The topological polar surface area (TPSA) is 108 Å². The van der Waals surface area contributed by atoms with Gasteiger partial charge in [-0.15, -0.1) is 0 Å². The van der Waals surface area contributed by atoms with Crippen LogP contribution in [-0.2, 0) is 4.79 Å². The molecule has 1 aromatic heterocycles. The summed E-state index contributed by atoms with van der Waals surface area (Å²) in [5.41, 5.74) is 1.56. The first-order chi connectivity index (χ1) is 12.5. The molecule has 0 aliphatic carbocycles. The molecule has 0 bridgehead atoms. The number of nitrogens with zero attached hydrogens (tertiary/aromatic N) is 2. The molecule has 4 N–H and O–H groups in total. The number of fused-ring (bicyclic) bond motifs is 1. The van der Waals surface area contributed by atoms with Gasteiger partial charge in [0, 0.05) is 18.0 Å². The second-order valence-corrected chi connectivity index (χ2v) is 6.38. The Morgan fingerprint density at radius 1 is 1.35 bits per heavy atom. The normalized spacial score (nSPS) is 22.9. The molecule has 2 heterocycles. The Morgan fingerprint density at radius 2 is 2.15 bits per heavy atom. The van der Waals surface area contributed by atoms with Gasteiger partial charge >= 0.3 is 0 Å². The van der Waals surface area contributed by atoms with Crippen LogP contribution < -0.4 is 20.7 Å². The number of amides is 1. The van der Waals surface area contributed by atoms with E-state index in [1.807, 2.05) is 39.0 Å². The smallest absolute Gasteiger partial charge is 0.227 e. The van der Waals surface area contributed by atoms with Gasteiger partial charge in [-0.2, -0.15) is 0 Å². The third-order valence-electron chi connectivity index (χ3n) is 4.55. The lowest BCUT2D eigenvalue weighted by atomic mass is 9.95. The van der Waals surface area contributed by atoms with Crippen molar-refractivity contribution in [3.05, 3.63) is 23.9 Å². The summed E-state index contributed by atoms with van der Waals surface area (Å²) in [5, 5.41) is 19.3. The van der Waals surface area contributed by atoms with Gasteiger partial charge in [0.15, 0.2) is 6.29 Å². The Balaban J connectivity index is 1.83. The molecule has 8 nitrogen and oxygen atoms in total. The van der Waals surface area contributed by atoms with Crippen LogP contribution in [0.4, 0.5) is 5.95 Å². The highest BCUT2D eigenvalue weighted by atomic mass is 16.5. The molecule has 0 radical (unpaired) electrons. The molecule has 140 valence electrons. The fourth-order valence-electron chi connectivity index (χ4n) is 3.24. The summed E-state index contributed by atoms with van der Waals surface area (Å²) >= 11 is 0. The number of aliphatic hydroxyl groups is 1. The predicted molar refractivity (Wildman–Crippen MR) is 98.8 cm³/mol. The van der Waals surface area contributed by atoms with Crippen molar-refractivity contribution >= 4 is 22.8 Å². The van der Waals surface area contributed by atoms with E-state index in [-0.39, 0.29) is 24.5 Å². The van der Waals surface area contributed by atoms with Crippen molar-refractivity contribution < 1.29 is 14.6 Å². The standard InChI is InChI=1S/C18H25N5O3/c1-4-26-14-7-5-6-12-10(2)19-17(21-15(12)14)23-18-20-11(3)13(8-9-24)16(25)22-18/h5-7,11,13,18,20,24H,4,8-9H2,1-3H3,(H,22,25)(H,19,21,23). The molecule has 1 aromatic carbocycles. The summed E-state index contributed by atoms with van der Waals surface area (Å²) in [5.74, 6) is 0.750. The van der Waals surface area contributed by atoms with Crippen LogP contribution in [0, 0.1) is 12.8 Å². The number of anilines is 1. The third-order valence-corrected chi connectivity index (χ3v) is 4.55. The van der Waals surface area contributed by atoms with Gasteiger partial charge in [0.05, 0.1) is 18.2 Å². The monoisotopic (exact) mass is 359 g/mol. The maximum absolute atomic E-state index is 12.3. The molecule has 0 spiro atoms. The molecule has 1 fully saturated rings. The highest BCUT2D eigenvalue weighted by Gasteiger charge is 2.33. The first-order valence-corrected chi connectivity index (χ1v) is 8.87. The van der Waals surface area contributed by atoms with E-state index in [1.165, 1.54) is 0 Å². The van der Waals surface area contributed by atoms with Crippen molar-refractivity contribution in [2.75, 3.05) is 18.5 Å². The number of nitrogens with one attached hydrogen (secondary N) is 3. The molecular formula is C18H25N5O3. The molecule has 3 rings (SSSR count). The van der Waals surface area contributed by atoms with E-state index < -0.39 is 6.29 Å². The fourth-order valence-corrected chi connectivity index (χ4v) is 3.24. The maximum Gasteiger partial charge on any atom is 0.227 e. The van der Waals surface area contributed by atoms with Gasteiger partial charge in [0.25, 0.3) is 0 Å². The number of para-hydroxylation sites is 1. The van der Waals surface area contributed by atoms with Gasteiger partial charge in [0.2, 0.25) is 11.9 Å². The highest BCUT2D eigenvalue weighted by molar-refractivity contribution is 5.87. The molecule has 1 saturated heterocycles. The minimum absolute atomic E-state index is 0.0185. The van der Waals surface area contributed by atoms with Crippen molar-refractivity contribution in [1.29, 1.82) is 0 Å². The average molecular weight is 359 g/mol. The van der Waals surface area contributed by atoms with E-state index >= 15 is 0 Å². The zero-order valence-corrected chi connectivity index (χ0v) is 15.2. The van der Waals surface area contributed by atoms with Crippen molar-refractivity contribution in [2.24, 2.45) is 5.92 Å². The van der Waals surface area contributed by atoms with Crippen LogP contribution in [0.1, 0.15) is 26.0 Å². The van der Waals surface area contributed by atoms with Crippen LogP contribution in [-0.4, -0.2) is 46.5 Å². The molecular weight excluding hydrogens is 334 g/mol. The van der Waals surface area contributed by atoms with E-state index in [1.54, 1.807) is 0 Å². The molecule has 1 amide bonds. The maximum atomic E-state index is 12.3. The van der Waals surface area contributed by atoms with Crippen LogP contribution in [0.5, 0.6) is 5.75 Å². The summed E-state index contributed by atoms with van der Waals surface area (Å²) in [7, 11) is 0. The van der Waals surface area contributed by atoms with Crippen LogP contribution in [0.2, 0.25) is 0 Å². The fraction of sp³-hybridized carbons (Fsp3) is 0.500. The number of carbonyl (C=O) groups is 1. The zero-order chi connectivity index (χ0) is 18.7. The minimum Gasteiger partial charge on any atom is -0.492 e. The number of rotatable bonds is 6. The number of benzene rings is 1. The molecule has 3 atom stereocenters. The van der Waals surface area contributed by atoms with Crippen molar-refractivity contribution in [1.82, 2.24) is 20.6 Å². The second-order valence-electron chi connectivity index (χ2n) is 6.38. The van der Waals surface area contributed by atoms with E-state index in [0.29, 0.717) is 24.7 Å². The van der Waals surface area contributed by atoms with Crippen molar-refractivity contribution in [2.45, 2.75) is 39.5 Å². The summed E-state index contributed by atoms with van der Waals surface area (Å²) in [4.78, 5) is 21.3. The van der Waals surface area contributed by atoms with Gasteiger partial charge in [-0.3, -0.25) is 10.1 Å². The van der Waals surface area contributed by atoms with Crippen molar-refractivity contribution in [3.63, 3.8) is 0 Å². The van der Waals surface area contributed by atoms with E-state index in [2.05, 4.69) is 25.9 Å². The number of carbonyl (C=O) groups excluding carboxylic acids is 1. The number of ether oxygens (including phenoxy) is 1. The average Bonchev–Trinajstić information content (AvgIpc) is 2.59. The number of aliphatic hydroxyl groups excluding tert-OH is 1. The Kier molecular flexibility index (Phi) is 5.53. The molecule has 26 heavy (non-hydrogen) atoms. The van der Waals surface area contributed by atoms with Crippen LogP contribution in [0.25, 0.3) is 10.9 Å². The Morgan fingerprint density at radius 3 is 2.85 bits per heavy atom. The van der Waals surface area contributed by atoms with Gasteiger partial charge in [-0.05, 0) is 33.3 Å². The van der Waals surface area contributed by atoms with Crippen molar-refractivity contribution in [3.8, 4) is 5.75 Å². The Bertz CT molecular complexity index is 798. The van der Waals surface area contributed by atoms with E-state index in [4.69, 9.17) is 9.84 Å². The molecule has 1 aliphatic heterocycles. The lowest BCUT2D eigenvalue weighted by Crippen LogP contribution is -2.63. The van der Waals surface area contributed by atoms with Crippen LogP contribution >= 0.6 is 0 Å². The zero-order valence-electron chi connectivity index (χ0n) is 15.2. The Hall–Kier alpha value is -2.45. The first kappa shape index (κ1) is 18.3. The SMILES string of the molecule is CCOc1cccc2c(C)nc(NC3NC(=O)C(CCO)C(C)N3)nc12. The molecule has 2 aromatic rings. The summed E-state index contributed by atoms with van der Waals surface area (Å²) < 4.78 is 5.67. The predicted octanol–water partition coefficient (Wildman–Crippen LogP) is 1.14. The van der Waals surface area contributed by atoms with Gasteiger partial charge in [-0.25, -0.2) is 9.97 Å². The largest absolute Gasteiger partial charge is 0.492 e. The first-order valence-electron chi connectivity index (χ1n) is 8.87. The number of aryl methyl sites for hydroxylation is 1. The van der Waals surface area contributed by atoms with Gasteiger partial charge < -0.3 is 20.5 Å². The molecule has 3 unspecified atom stereocenters. The highest BCUT2D eigenvalue weighted by Crippen LogP contribution is 2.26. The molecule has 1 aliphatic rings. The number of hydrogen-bond acceptors (Lipinski definition) is 7. The van der Waals surface area contributed by atoms with E-state index in [9.17, 15) is 4.79 Å². The third kappa shape index (κ3) is 3.71. The molecule has 0 saturated carbocycles. The summed E-state index contributed by atoms with van der Waals surface area (Å²) in [6.07, 6.45) is -0.0562. The Labute approximate surface area is 152 Å². The summed E-state index contributed by atoms with van der Waals surface area (Å²) in [6, 6.07) is 5.68. The second kappa shape index (κ2) is 7.84. The lowest BCUT2D eigenvalue weighted by molar-refractivity contribution is -0.129. The number of aromatic nitrogens is 2. The van der Waals surface area contributed by atoms with Crippen LogP contribution in [0.15, 0.2) is 18.2 Å². The minimum atomic E-state index is -0.483. The van der Waals surface area contributed by atoms with Gasteiger partial charge in [-0.1, -0.05) is 12.1 Å². The molecule has 8 heteroatoms. The van der Waals surface area contributed by atoms with Crippen LogP contribution in [0.3, 0.4) is 0 Å². The summed E-state index contributed by atoms with van der Waals surface area (Å²) in [6.45, 7) is 6.30. The lowest BCUT2D eigenvalue weighted by Gasteiger charge is -2.35.